The lowest BCUT2D eigenvalue weighted by Crippen LogP contribution is -2.64. The molecule has 22 nitrogen and oxygen atoms in total. The summed E-state index contributed by atoms with van der Waals surface area (Å²) in [6.45, 7) is 18.0. The summed E-state index contributed by atoms with van der Waals surface area (Å²) in [4.78, 5) is 68.5. The van der Waals surface area contributed by atoms with Gasteiger partial charge in [0.15, 0.2) is 17.4 Å². The van der Waals surface area contributed by atoms with E-state index in [-0.39, 0.29) is 87.0 Å². The number of carbonyl (C=O) groups is 5. The Bertz CT molecular complexity index is 2430. The molecule has 0 aliphatic carbocycles. The molecule has 7 aliphatic heterocycles. The maximum atomic E-state index is 14.5. The number of halogens is 1. The predicted octanol–water partition coefficient (Wildman–Crippen LogP) is 4.92. The number of Topliss-reactive ketones (excluding diaryl/α,β-unsaturated/α-hetero) is 2. The molecule has 85 heavy (non-hydrogen) atoms. The third-order valence-corrected chi connectivity index (χ3v) is 18.3. The van der Waals surface area contributed by atoms with Crippen LogP contribution in [0.3, 0.4) is 0 Å². The summed E-state index contributed by atoms with van der Waals surface area (Å²) in [6.07, 6.45) is -10.7. The van der Waals surface area contributed by atoms with Gasteiger partial charge in [-0.15, -0.1) is 0 Å². The number of carbonyl (C=O) groups excluding carboxylic acids is 5. The third kappa shape index (κ3) is 18.1. The molecule has 6 saturated heterocycles. The van der Waals surface area contributed by atoms with Crippen LogP contribution in [0.2, 0.25) is 0 Å². The Kier molecular flexibility index (Phi) is 23.5. The number of rotatable bonds is 9. The van der Waals surface area contributed by atoms with Gasteiger partial charge >= 0.3 is 17.9 Å². The number of methoxy groups -OCH3 is 1. The fourth-order valence-electron chi connectivity index (χ4n) is 14.0. The summed E-state index contributed by atoms with van der Waals surface area (Å²) >= 11 is 5.87. The molecule has 0 saturated carbocycles. The van der Waals surface area contributed by atoms with Gasteiger partial charge in [-0.1, -0.05) is 70.7 Å². The van der Waals surface area contributed by atoms with Crippen LogP contribution in [0.5, 0.6) is 0 Å². The minimum atomic E-state index is -2.42. The average Bonchev–Trinajstić information content (AvgIpc) is 1.26. The van der Waals surface area contributed by atoms with E-state index in [4.69, 9.17) is 59.0 Å². The molecule has 480 valence electrons. The normalized spacial score (nSPS) is 43.6. The first kappa shape index (κ1) is 68.9. The standard InChI is InChI=1S/C62H93ClO22/c1-32(18-40(66)17-16-33(2)63)55(72)53-25-52-37(6)57(80-53)58(73)62(75)30-50(70)34(3)51(85-62)15-13-11-12-14-42-19-41(67)26-60(81-42)28-45(76-10)20-43(82-60)22-48(68)35(4)56(78-39(8)65)36(5)49(69)23-47-27-59(9,74)31-61(84-47)29-46(77-38(7)64)21-44(83-61)24-54(71)79-52/h12,14,16-17,34-37,40-47,50-53,55-58,66-67,70,72-75H,1-2,11,13,15,18-31H2,3-10H3/t34-,35-,36?,37-,40-,41+,42+,43+,44-,45+,46+,47+,50+,51-,52+,53+,55-,56?,57-,58+,59+,60-,61-,62-/m1/s1. The first-order chi connectivity index (χ1) is 39.8. The lowest BCUT2D eigenvalue weighted by atomic mass is 9.79. The highest BCUT2D eigenvalue weighted by atomic mass is 35.5. The summed E-state index contributed by atoms with van der Waals surface area (Å²) in [7, 11) is 1.54. The van der Waals surface area contributed by atoms with Crippen LogP contribution in [0.4, 0.5) is 0 Å². The fraction of sp³-hybridized carbons (Fsp3) is 0.790. The largest absolute Gasteiger partial charge is 0.462 e. The molecule has 0 aromatic heterocycles. The van der Waals surface area contributed by atoms with Gasteiger partial charge in [-0.25, -0.2) is 0 Å². The number of hydrogen-bond acceptors (Lipinski definition) is 22. The zero-order valence-corrected chi connectivity index (χ0v) is 51.2. The van der Waals surface area contributed by atoms with E-state index in [9.17, 15) is 59.7 Å². The Hall–Kier alpha value is -3.56. The highest BCUT2D eigenvalue weighted by Gasteiger charge is 2.57. The SMILES string of the molecule is C=C(Cl)C=C[C@@H](O)CC(=C)[C@@H](O)[C@@H]1C[C@@H]2OC(=O)C[C@H]3C[C@H](OC(C)=O)C[C@@]4(C[C@@](C)(O)C[C@H](CC(=O)C(C)C(OC(C)=O)[C@H](C)C(=O)C[C@@H]5C[C@H](OC)C[C@@]6(C[C@@H](O)C[C@H](C=CCCC[C@H]7O[C@](O)(C[C@H](O)[C@H]7C)[C@@H](O)[C@H](O1)[C@@H]2C)O6)O5)O4)O3. The van der Waals surface area contributed by atoms with E-state index in [0.717, 1.165) is 0 Å². The number of aliphatic hydroxyl groups is 7. The van der Waals surface area contributed by atoms with Crippen molar-refractivity contribution in [3.63, 3.8) is 0 Å². The molecule has 6 fully saturated rings. The third-order valence-electron chi connectivity index (χ3n) is 18.2. The number of ketones is 2. The Labute approximate surface area is 503 Å². The van der Waals surface area contributed by atoms with Gasteiger partial charge in [0.05, 0.1) is 91.0 Å². The number of aliphatic hydroxyl groups excluding tert-OH is 5. The van der Waals surface area contributed by atoms with Gasteiger partial charge < -0.3 is 83.1 Å². The number of allylic oxidation sites excluding steroid dienone is 3. The summed E-state index contributed by atoms with van der Waals surface area (Å²) in [6, 6.07) is 0. The molecule has 0 amide bonds. The molecule has 2 unspecified atom stereocenters. The number of hydrogen-bond donors (Lipinski definition) is 7. The van der Waals surface area contributed by atoms with Crippen molar-refractivity contribution < 1.29 is 107 Å². The van der Waals surface area contributed by atoms with E-state index in [1.54, 1.807) is 41.7 Å². The molecular formula is C62H93ClO22. The van der Waals surface area contributed by atoms with Crippen LogP contribution in [-0.2, 0) is 71.3 Å². The molecule has 23 heteroatoms. The lowest BCUT2D eigenvalue weighted by molar-refractivity contribution is -0.349. The first-order valence-electron chi connectivity index (χ1n) is 30.2. The summed E-state index contributed by atoms with van der Waals surface area (Å²) in [5.74, 6) is -12.0. The molecule has 7 aliphatic rings. The van der Waals surface area contributed by atoms with Crippen molar-refractivity contribution in [1.82, 2.24) is 0 Å². The van der Waals surface area contributed by atoms with Crippen LogP contribution in [0.15, 0.2) is 48.1 Å². The van der Waals surface area contributed by atoms with Crippen molar-refractivity contribution >= 4 is 41.1 Å². The van der Waals surface area contributed by atoms with Gasteiger partial charge in [0, 0.05) is 121 Å². The smallest absolute Gasteiger partial charge is 0.308 e. The van der Waals surface area contributed by atoms with Gasteiger partial charge in [0.2, 0.25) is 0 Å². The van der Waals surface area contributed by atoms with Crippen molar-refractivity contribution in [1.29, 1.82) is 0 Å². The van der Waals surface area contributed by atoms with Crippen LogP contribution in [0.1, 0.15) is 158 Å². The Morgan fingerprint density at radius 3 is 2.06 bits per heavy atom. The monoisotopic (exact) mass is 1220 g/mol. The highest BCUT2D eigenvalue weighted by molar-refractivity contribution is 6.30. The second kappa shape index (κ2) is 28.9. The minimum absolute atomic E-state index is 0.0186. The molecule has 0 aromatic rings. The predicted molar refractivity (Wildman–Crippen MR) is 303 cm³/mol. The van der Waals surface area contributed by atoms with E-state index >= 15 is 0 Å². The highest BCUT2D eigenvalue weighted by Crippen LogP contribution is 2.48. The zero-order chi connectivity index (χ0) is 62.5. The fourth-order valence-corrected chi connectivity index (χ4v) is 14.0. The Morgan fingerprint density at radius 2 is 1.40 bits per heavy atom. The van der Waals surface area contributed by atoms with Gasteiger partial charge in [0.25, 0.3) is 0 Å². The van der Waals surface area contributed by atoms with Crippen LogP contribution < -0.4 is 0 Å². The van der Waals surface area contributed by atoms with Crippen LogP contribution in [-0.4, -0.2) is 193 Å². The second-order valence-corrected chi connectivity index (χ2v) is 26.2. The number of ether oxygens (including phenoxy) is 10. The van der Waals surface area contributed by atoms with Crippen molar-refractivity contribution in [2.24, 2.45) is 23.7 Å². The molecule has 24 atom stereocenters. The first-order valence-corrected chi connectivity index (χ1v) is 30.6. The lowest BCUT2D eigenvalue weighted by Gasteiger charge is -2.51. The van der Waals surface area contributed by atoms with E-state index in [2.05, 4.69) is 13.2 Å². The maximum absolute atomic E-state index is 14.5. The molecule has 2 spiro atoms. The molecule has 0 radical (unpaired) electrons. The van der Waals surface area contributed by atoms with Crippen molar-refractivity contribution in [3.05, 3.63) is 48.1 Å². The van der Waals surface area contributed by atoms with Crippen molar-refractivity contribution in [2.45, 2.75) is 278 Å². The number of esters is 3. The second-order valence-electron chi connectivity index (χ2n) is 25.7. The van der Waals surface area contributed by atoms with Gasteiger partial charge in [-0.2, -0.15) is 0 Å². The molecule has 7 N–H and O–H groups in total. The Balaban J connectivity index is 1.22. The molecule has 10 bridgehead atoms. The van der Waals surface area contributed by atoms with E-state index < -0.39 is 181 Å². The van der Waals surface area contributed by atoms with Gasteiger partial charge in [-0.05, 0) is 37.8 Å². The van der Waals surface area contributed by atoms with Crippen LogP contribution >= 0.6 is 11.6 Å². The van der Waals surface area contributed by atoms with Gasteiger partial charge in [-0.3, -0.25) is 24.0 Å². The topological polar surface area (TPSA) is 319 Å². The zero-order valence-electron chi connectivity index (χ0n) is 50.4. The average molecular weight is 1230 g/mol. The van der Waals surface area contributed by atoms with E-state index in [1.165, 1.54) is 26.0 Å². The number of fused-ring (bicyclic) bond motifs is 8. The van der Waals surface area contributed by atoms with Crippen LogP contribution in [0.25, 0.3) is 0 Å². The summed E-state index contributed by atoms with van der Waals surface area (Å²) < 4.78 is 62.9. The summed E-state index contributed by atoms with van der Waals surface area (Å²) in [5.41, 5.74) is -1.43. The summed E-state index contributed by atoms with van der Waals surface area (Å²) in [5, 5.41) is 82.2. The maximum Gasteiger partial charge on any atom is 0.308 e. The molecule has 0 aromatic carbocycles. The van der Waals surface area contributed by atoms with E-state index in [0.29, 0.717) is 25.7 Å². The Morgan fingerprint density at radius 1 is 0.776 bits per heavy atom. The van der Waals surface area contributed by atoms with E-state index in [1.807, 2.05) is 12.2 Å². The quantitative estimate of drug-likeness (QED) is 0.0697. The minimum Gasteiger partial charge on any atom is -0.462 e. The molecule has 7 heterocycles. The van der Waals surface area contributed by atoms with Gasteiger partial charge in [0.1, 0.15) is 42.1 Å². The molecule has 7 rings (SSSR count). The molecular weight excluding hydrogens is 1130 g/mol. The van der Waals surface area contributed by atoms with Crippen molar-refractivity contribution in [3.8, 4) is 0 Å². The van der Waals surface area contributed by atoms with Crippen LogP contribution in [0, 0.1) is 23.7 Å². The van der Waals surface area contributed by atoms with Crippen molar-refractivity contribution in [2.75, 3.05) is 7.11 Å².